The molecular formula is C24H15BrN2O6S. The highest BCUT2D eigenvalue weighted by Crippen LogP contribution is 2.34. The Morgan fingerprint density at radius 2 is 1.71 bits per heavy atom. The molecule has 0 atom stereocenters. The molecule has 4 rings (SSSR count). The lowest BCUT2D eigenvalue weighted by Crippen LogP contribution is -2.27. The number of carbonyl (C=O) groups is 3. The van der Waals surface area contributed by atoms with Crippen LogP contribution >= 0.6 is 27.7 Å². The van der Waals surface area contributed by atoms with Gasteiger partial charge in [-0.25, -0.2) is 4.79 Å². The first-order valence-electron chi connectivity index (χ1n) is 9.87. The zero-order valence-electron chi connectivity index (χ0n) is 17.3. The van der Waals surface area contributed by atoms with E-state index in [0.717, 1.165) is 21.8 Å². The number of imide groups is 1. The Morgan fingerprint density at radius 1 is 1.03 bits per heavy atom. The topological polar surface area (TPSA) is 107 Å². The van der Waals surface area contributed by atoms with Gasteiger partial charge < -0.3 is 4.74 Å². The second kappa shape index (κ2) is 10.0. The van der Waals surface area contributed by atoms with Crippen LogP contribution in [0.5, 0.6) is 5.75 Å². The second-order valence-electron chi connectivity index (χ2n) is 7.12. The smallest absolute Gasteiger partial charge is 0.343 e. The number of non-ortho nitro benzene ring substituents is 1. The number of amides is 2. The van der Waals surface area contributed by atoms with Gasteiger partial charge in [0.1, 0.15) is 5.75 Å². The van der Waals surface area contributed by atoms with E-state index >= 15 is 0 Å². The van der Waals surface area contributed by atoms with Gasteiger partial charge in [-0.2, -0.15) is 0 Å². The fraction of sp³-hybridized carbons (Fsp3) is 0.0417. The van der Waals surface area contributed by atoms with Crippen LogP contribution in [0.15, 0.2) is 82.2 Å². The van der Waals surface area contributed by atoms with Crippen LogP contribution < -0.4 is 4.74 Å². The van der Waals surface area contributed by atoms with Crippen LogP contribution in [0.1, 0.15) is 21.5 Å². The van der Waals surface area contributed by atoms with Crippen molar-refractivity contribution in [2.24, 2.45) is 0 Å². The van der Waals surface area contributed by atoms with Crippen LogP contribution in [0.2, 0.25) is 0 Å². The zero-order valence-corrected chi connectivity index (χ0v) is 19.7. The largest absolute Gasteiger partial charge is 0.423 e. The standard InChI is InChI=1S/C24H15BrN2O6S/c25-20-4-2-1-3-17(20)14-26-22(28)21(34-24(26)30)13-15-5-11-19(12-6-15)33-23(29)16-7-9-18(10-8-16)27(31)32/h1-13H,14H2/b21-13-. The highest BCUT2D eigenvalue weighted by Gasteiger charge is 2.35. The summed E-state index contributed by atoms with van der Waals surface area (Å²) in [5.41, 5.74) is 1.53. The number of hydrogen-bond acceptors (Lipinski definition) is 7. The summed E-state index contributed by atoms with van der Waals surface area (Å²) in [5.74, 6) is -0.766. The number of nitro benzene ring substituents is 1. The van der Waals surface area contributed by atoms with E-state index in [2.05, 4.69) is 15.9 Å². The van der Waals surface area contributed by atoms with Crippen molar-refractivity contribution in [1.82, 2.24) is 4.90 Å². The van der Waals surface area contributed by atoms with E-state index in [1.165, 1.54) is 29.2 Å². The van der Waals surface area contributed by atoms with Gasteiger partial charge in [0.2, 0.25) is 0 Å². The average Bonchev–Trinajstić information content (AvgIpc) is 3.09. The monoisotopic (exact) mass is 538 g/mol. The summed E-state index contributed by atoms with van der Waals surface area (Å²) in [7, 11) is 0. The van der Waals surface area contributed by atoms with Crippen LogP contribution in [0.4, 0.5) is 10.5 Å². The van der Waals surface area contributed by atoms with Gasteiger partial charge in [-0.1, -0.05) is 46.3 Å². The molecule has 0 spiro atoms. The summed E-state index contributed by atoms with van der Waals surface area (Å²) >= 11 is 4.29. The Kier molecular flexibility index (Phi) is 6.90. The normalized spacial score (nSPS) is 14.5. The van der Waals surface area contributed by atoms with Gasteiger partial charge in [0.15, 0.2) is 0 Å². The molecule has 1 aliphatic rings. The fourth-order valence-corrected chi connectivity index (χ4v) is 4.35. The zero-order chi connectivity index (χ0) is 24.2. The lowest BCUT2D eigenvalue weighted by Gasteiger charge is -2.13. The maximum atomic E-state index is 12.8. The molecule has 1 saturated heterocycles. The number of ether oxygens (including phenoxy) is 1. The lowest BCUT2D eigenvalue weighted by molar-refractivity contribution is -0.384. The van der Waals surface area contributed by atoms with Gasteiger partial charge in [-0.3, -0.25) is 24.6 Å². The van der Waals surface area contributed by atoms with Crippen LogP contribution in [0, 0.1) is 10.1 Å². The number of nitrogens with zero attached hydrogens (tertiary/aromatic N) is 2. The molecule has 170 valence electrons. The van der Waals surface area contributed by atoms with E-state index in [9.17, 15) is 24.5 Å². The van der Waals surface area contributed by atoms with Gasteiger partial charge in [-0.15, -0.1) is 0 Å². The summed E-state index contributed by atoms with van der Waals surface area (Å²) in [5, 5.41) is 10.4. The number of thioether (sulfide) groups is 1. The van der Waals surface area contributed by atoms with Gasteiger partial charge >= 0.3 is 5.97 Å². The Bertz CT molecular complexity index is 1320. The molecule has 0 bridgehead atoms. The van der Waals surface area contributed by atoms with E-state index in [1.807, 2.05) is 24.3 Å². The third-order valence-corrected chi connectivity index (χ3v) is 6.54. The third-order valence-electron chi connectivity index (χ3n) is 4.86. The van der Waals surface area contributed by atoms with Crippen LogP contribution in [-0.4, -0.2) is 26.9 Å². The van der Waals surface area contributed by atoms with Crippen molar-refractivity contribution in [3.63, 3.8) is 0 Å². The van der Waals surface area contributed by atoms with Crippen molar-refractivity contribution in [2.75, 3.05) is 0 Å². The van der Waals surface area contributed by atoms with Crippen LogP contribution in [-0.2, 0) is 11.3 Å². The molecule has 0 radical (unpaired) electrons. The summed E-state index contributed by atoms with van der Waals surface area (Å²) in [4.78, 5) is 49.1. The summed E-state index contributed by atoms with van der Waals surface area (Å²) in [6, 6.07) is 18.9. The first-order valence-corrected chi connectivity index (χ1v) is 11.5. The molecule has 0 N–H and O–H groups in total. The molecule has 2 amide bonds. The van der Waals surface area contributed by atoms with E-state index in [0.29, 0.717) is 10.5 Å². The molecule has 1 heterocycles. The molecule has 3 aromatic rings. The number of nitro groups is 1. The highest BCUT2D eigenvalue weighted by molar-refractivity contribution is 9.10. The fourth-order valence-electron chi connectivity index (χ4n) is 3.10. The number of esters is 1. The van der Waals surface area contributed by atoms with Gasteiger partial charge in [0.25, 0.3) is 16.8 Å². The van der Waals surface area contributed by atoms with Crippen molar-refractivity contribution in [3.05, 3.63) is 109 Å². The predicted octanol–water partition coefficient (Wildman–Crippen LogP) is 5.81. The second-order valence-corrected chi connectivity index (χ2v) is 8.97. The number of carbonyl (C=O) groups excluding carboxylic acids is 3. The van der Waals surface area contributed by atoms with E-state index in [4.69, 9.17) is 4.74 Å². The third kappa shape index (κ3) is 5.24. The minimum atomic E-state index is -0.657. The average molecular weight is 539 g/mol. The predicted molar refractivity (Wildman–Crippen MR) is 130 cm³/mol. The van der Waals surface area contributed by atoms with Crippen molar-refractivity contribution in [3.8, 4) is 5.75 Å². The Balaban J connectivity index is 1.42. The number of halogens is 1. The van der Waals surface area contributed by atoms with E-state index in [-0.39, 0.29) is 34.7 Å². The van der Waals surface area contributed by atoms with Crippen molar-refractivity contribution in [2.45, 2.75) is 6.54 Å². The molecule has 0 unspecified atom stereocenters. The lowest BCUT2D eigenvalue weighted by atomic mass is 10.2. The molecular weight excluding hydrogens is 524 g/mol. The summed E-state index contributed by atoms with van der Waals surface area (Å²) in [6.07, 6.45) is 1.60. The molecule has 3 aromatic carbocycles. The molecule has 0 aromatic heterocycles. The molecule has 10 heteroatoms. The molecule has 1 aliphatic heterocycles. The van der Waals surface area contributed by atoms with Gasteiger partial charge in [0, 0.05) is 16.6 Å². The Morgan fingerprint density at radius 3 is 2.35 bits per heavy atom. The minimum Gasteiger partial charge on any atom is -0.423 e. The molecule has 1 fully saturated rings. The van der Waals surface area contributed by atoms with E-state index < -0.39 is 10.9 Å². The molecule has 0 aliphatic carbocycles. The van der Waals surface area contributed by atoms with Crippen LogP contribution in [0.3, 0.4) is 0 Å². The van der Waals surface area contributed by atoms with Crippen molar-refractivity contribution in [1.29, 1.82) is 0 Å². The van der Waals surface area contributed by atoms with E-state index in [1.54, 1.807) is 30.3 Å². The summed E-state index contributed by atoms with van der Waals surface area (Å²) in [6.45, 7) is 0.168. The maximum absolute atomic E-state index is 12.8. The molecule has 8 nitrogen and oxygen atoms in total. The van der Waals surface area contributed by atoms with Crippen molar-refractivity contribution >= 4 is 56.6 Å². The molecule has 34 heavy (non-hydrogen) atoms. The van der Waals surface area contributed by atoms with Crippen molar-refractivity contribution < 1.29 is 24.0 Å². The first kappa shape index (κ1) is 23.4. The number of rotatable bonds is 6. The quantitative estimate of drug-likeness (QED) is 0.128. The number of benzene rings is 3. The highest BCUT2D eigenvalue weighted by atomic mass is 79.9. The van der Waals surface area contributed by atoms with Gasteiger partial charge in [0.05, 0.1) is 21.9 Å². The number of hydrogen-bond donors (Lipinski definition) is 0. The first-order chi connectivity index (χ1) is 16.3. The maximum Gasteiger partial charge on any atom is 0.343 e. The Labute approximate surface area is 206 Å². The van der Waals surface area contributed by atoms with Gasteiger partial charge in [-0.05, 0) is 59.3 Å². The SMILES string of the molecule is O=C(Oc1ccc(/C=C2\SC(=O)N(Cc3ccccc3Br)C2=O)cc1)c1ccc([N+](=O)[O-])cc1. The Hall–Kier alpha value is -3.76. The molecule has 0 saturated carbocycles. The minimum absolute atomic E-state index is 0.123. The summed E-state index contributed by atoms with van der Waals surface area (Å²) < 4.78 is 6.11. The van der Waals surface area contributed by atoms with Crippen LogP contribution in [0.25, 0.3) is 6.08 Å².